The summed E-state index contributed by atoms with van der Waals surface area (Å²) in [5, 5.41) is 9.03. The SMILES string of the molecule is CC(C)(C)[Si](C)(C)O[C@H]1[C@H](CC(F)(F)F)C(=O)O[C@@H]1CO. The molecule has 124 valence electrons. The van der Waals surface area contributed by atoms with Crippen molar-refractivity contribution in [1.29, 1.82) is 0 Å². The summed E-state index contributed by atoms with van der Waals surface area (Å²) in [6.07, 6.45) is -7.85. The van der Waals surface area contributed by atoms with Crippen molar-refractivity contribution in [3.8, 4) is 0 Å². The molecule has 21 heavy (non-hydrogen) atoms. The van der Waals surface area contributed by atoms with Gasteiger partial charge >= 0.3 is 12.1 Å². The lowest BCUT2D eigenvalue weighted by atomic mass is 9.98. The Labute approximate surface area is 123 Å². The molecule has 0 saturated carbocycles. The Balaban J connectivity index is 3.00. The van der Waals surface area contributed by atoms with Crippen LogP contribution in [0.3, 0.4) is 0 Å². The number of alkyl halides is 3. The third kappa shape index (κ3) is 4.43. The van der Waals surface area contributed by atoms with Gasteiger partial charge in [-0.15, -0.1) is 0 Å². The van der Waals surface area contributed by atoms with Crippen LogP contribution in [0, 0.1) is 5.92 Å². The number of carbonyl (C=O) groups excluding carboxylic acids is 1. The van der Waals surface area contributed by atoms with Crippen LogP contribution in [0.15, 0.2) is 0 Å². The average molecular weight is 328 g/mol. The maximum Gasteiger partial charge on any atom is 0.390 e. The zero-order chi connectivity index (χ0) is 16.6. The minimum Gasteiger partial charge on any atom is -0.457 e. The Bertz CT molecular complexity index is 390. The second kappa shape index (κ2) is 5.89. The molecule has 1 aliphatic rings. The van der Waals surface area contributed by atoms with Crippen molar-refractivity contribution in [1.82, 2.24) is 0 Å². The first-order chi connectivity index (χ1) is 9.28. The second-order valence-corrected chi connectivity index (χ2v) is 11.7. The van der Waals surface area contributed by atoms with E-state index >= 15 is 0 Å². The molecule has 0 bridgehead atoms. The quantitative estimate of drug-likeness (QED) is 0.637. The zero-order valence-corrected chi connectivity index (χ0v) is 14.0. The topological polar surface area (TPSA) is 55.8 Å². The molecule has 0 aliphatic carbocycles. The molecule has 0 unspecified atom stereocenters. The van der Waals surface area contributed by atoms with Gasteiger partial charge in [0.05, 0.1) is 25.0 Å². The highest BCUT2D eigenvalue weighted by molar-refractivity contribution is 6.74. The zero-order valence-electron chi connectivity index (χ0n) is 13.0. The number of rotatable bonds is 4. The van der Waals surface area contributed by atoms with E-state index in [1.54, 1.807) is 0 Å². The van der Waals surface area contributed by atoms with Gasteiger partial charge in [0.15, 0.2) is 14.4 Å². The van der Waals surface area contributed by atoms with E-state index in [0.29, 0.717) is 0 Å². The van der Waals surface area contributed by atoms with Crippen LogP contribution in [0.4, 0.5) is 13.2 Å². The van der Waals surface area contributed by atoms with Crippen LogP contribution in [-0.4, -0.2) is 44.4 Å². The van der Waals surface area contributed by atoms with E-state index in [-0.39, 0.29) is 5.04 Å². The summed E-state index contributed by atoms with van der Waals surface area (Å²) in [6.45, 7) is 9.07. The maximum atomic E-state index is 12.6. The van der Waals surface area contributed by atoms with E-state index < -0.39 is 51.6 Å². The standard InChI is InChI=1S/C13H23F3O4Si/c1-12(2,3)21(4,5)20-10-8(6-13(14,15)16)11(18)19-9(10)7-17/h8-10,17H,6-7H2,1-5H3/t8-,9+,10-/m0/s1. The van der Waals surface area contributed by atoms with Crippen LogP contribution in [0.2, 0.25) is 18.1 Å². The predicted octanol–water partition coefficient (Wildman–Crippen LogP) is 2.86. The Kier molecular flexibility index (Phi) is 5.17. The van der Waals surface area contributed by atoms with Gasteiger partial charge in [-0.1, -0.05) is 20.8 Å². The number of carbonyl (C=O) groups is 1. The van der Waals surface area contributed by atoms with Gasteiger partial charge in [0.1, 0.15) is 0 Å². The number of ether oxygens (including phenoxy) is 1. The lowest BCUT2D eigenvalue weighted by molar-refractivity contribution is -0.162. The number of hydrogen-bond acceptors (Lipinski definition) is 4. The molecule has 1 heterocycles. The summed E-state index contributed by atoms with van der Waals surface area (Å²) in [7, 11) is -2.39. The van der Waals surface area contributed by atoms with E-state index in [4.69, 9.17) is 9.16 Å². The van der Waals surface area contributed by atoms with Crippen LogP contribution < -0.4 is 0 Å². The molecule has 3 atom stereocenters. The molecule has 1 fully saturated rings. The van der Waals surface area contributed by atoms with Gasteiger partial charge in [0.25, 0.3) is 0 Å². The van der Waals surface area contributed by atoms with Crippen LogP contribution >= 0.6 is 0 Å². The largest absolute Gasteiger partial charge is 0.457 e. The molecule has 1 N–H and O–H groups in total. The Morgan fingerprint density at radius 2 is 1.81 bits per heavy atom. The van der Waals surface area contributed by atoms with Gasteiger partial charge in [-0.2, -0.15) is 13.2 Å². The Hall–Kier alpha value is -0.603. The van der Waals surface area contributed by atoms with Crippen LogP contribution in [0.5, 0.6) is 0 Å². The number of aliphatic hydroxyl groups is 1. The molecule has 0 radical (unpaired) electrons. The fraction of sp³-hybridized carbons (Fsp3) is 0.923. The molecule has 0 spiro atoms. The van der Waals surface area contributed by atoms with Crippen LogP contribution in [-0.2, 0) is 14.0 Å². The van der Waals surface area contributed by atoms with Gasteiger partial charge < -0.3 is 14.3 Å². The van der Waals surface area contributed by atoms with Crippen molar-refractivity contribution >= 4 is 14.3 Å². The highest BCUT2D eigenvalue weighted by Gasteiger charge is 2.53. The summed E-state index contributed by atoms with van der Waals surface area (Å²) in [5.41, 5.74) is 0. The smallest absolute Gasteiger partial charge is 0.390 e. The van der Waals surface area contributed by atoms with Crippen molar-refractivity contribution < 1.29 is 32.2 Å². The van der Waals surface area contributed by atoms with Crippen molar-refractivity contribution in [3.05, 3.63) is 0 Å². The summed E-state index contributed by atoms with van der Waals surface area (Å²) in [5.74, 6) is -2.36. The predicted molar refractivity (Wildman–Crippen MR) is 73.2 cm³/mol. The highest BCUT2D eigenvalue weighted by Crippen LogP contribution is 2.42. The fourth-order valence-electron chi connectivity index (χ4n) is 1.96. The normalized spacial score (nSPS) is 27.9. The van der Waals surface area contributed by atoms with Gasteiger partial charge in [0, 0.05) is 0 Å². The van der Waals surface area contributed by atoms with Crippen molar-refractivity contribution in [2.45, 2.75) is 63.7 Å². The first-order valence-corrected chi connectivity index (χ1v) is 9.75. The van der Waals surface area contributed by atoms with Crippen LogP contribution in [0.1, 0.15) is 27.2 Å². The molecule has 0 amide bonds. The molecule has 0 aromatic carbocycles. The van der Waals surface area contributed by atoms with E-state index in [1.165, 1.54) is 0 Å². The second-order valence-electron chi connectivity index (χ2n) is 6.93. The molecule has 1 rings (SSSR count). The minimum atomic E-state index is -4.48. The van der Waals surface area contributed by atoms with Gasteiger partial charge in [0.2, 0.25) is 0 Å². The van der Waals surface area contributed by atoms with Gasteiger partial charge in [-0.25, -0.2) is 0 Å². The third-order valence-electron chi connectivity index (χ3n) is 4.20. The number of hydrogen-bond donors (Lipinski definition) is 1. The molecular weight excluding hydrogens is 305 g/mol. The first kappa shape index (κ1) is 18.4. The average Bonchev–Trinajstić information content (AvgIpc) is 2.53. The fourth-order valence-corrected chi connectivity index (χ4v) is 3.31. The number of cyclic esters (lactones) is 1. The van der Waals surface area contributed by atoms with Crippen molar-refractivity contribution in [2.24, 2.45) is 5.92 Å². The van der Waals surface area contributed by atoms with E-state index in [1.807, 2.05) is 33.9 Å². The number of halogens is 3. The summed E-state index contributed by atoms with van der Waals surface area (Å²) >= 11 is 0. The lowest BCUT2D eigenvalue weighted by Crippen LogP contribution is -2.48. The van der Waals surface area contributed by atoms with Gasteiger partial charge in [-0.05, 0) is 18.1 Å². The van der Waals surface area contributed by atoms with E-state index in [9.17, 15) is 23.1 Å². The molecular formula is C13H23F3O4Si. The minimum absolute atomic E-state index is 0.221. The lowest BCUT2D eigenvalue weighted by Gasteiger charge is -2.40. The Morgan fingerprint density at radius 1 is 1.29 bits per heavy atom. The molecule has 8 heteroatoms. The molecule has 1 saturated heterocycles. The number of aliphatic hydroxyl groups excluding tert-OH is 1. The third-order valence-corrected chi connectivity index (χ3v) is 8.68. The molecule has 0 aromatic rings. The Morgan fingerprint density at radius 3 is 2.19 bits per heavy atom. The summed E-state index contributed by atoms with van der Waals surface area (Å²) < 4.78 is 48.7. The summed E-state index contributed by atoms with van der Waals surface area (Å²) in [4.78, 5) is 11.7. The van der Waals surface area contributed by atoms with Crippen molar-refractivity contribution in [2.75, 3.05) is 6.61 Å². The van der Waals surface area contributed by atoms with Crippen molar-refractivity contribution in [3.63, 3.8) is 0 Å². The van der Waals surface area contributed by atoms with Gasteiger partial charge in [-0.3, -0.25) is 4.79 Å². The molecule has 4 nitrogen and oxygen atoms in total. The highest BCUT2D eigenvalue weighted by atomic mass is 28.4. The molecule has 1 aliphatic heterocycles. The maximum absolute atomic E-state index is 12.6. The van der Waals surface area contributed by atoms with E-state index in [2.05, 4.69) is 0 Å². The van der Waals surface area contributed by atoms with E-state index in [0.717, 1.165) is 0 Å². The number of esters is 1. The monoisotopic (exact) mass is 328 g/mol. The summed E-state index contributed by atoms with van der Waals surface area (Å²) in [6, 6.07) is 0. The molecule has 0 aromatic heterocycles. The van der Waals surface area contributed by atoms with Crippen LogP contribution in [0.25, 0.3) is 0 Å². The first-order valence-electron chi connectivity index (χ1n) is 6.84.